The highest BCUT2D eigenvalue weighted by Gasteiger charge is 2.21. The SMILES string of the molecule is N[C@H](CCCC(=O)O)c1ccccc1N1CCC(O)CC1. The lowest BCUT2D eigenvalue weighted by atomic mass is 9.98. The molecule has 2 rings (SSSR count). The maximum Gasteiger partial charge on any atom is 0.303 e. The molecule has 116 valence electrons. The highest BCUT2D eigenvalue weighted by molar-refractivity contribution is 5.66. The number of benzene rings is 1. The summed E-state index contributed by atoms with van der Waals surface area (Å²) in [5.41, 5.74) is 8.43. The van der Waals surface area contributed by atoms with E-state index in [-0.39, 0.29) is 18.6 Å². The molecule has 0 amide bonds. The van der Waals surface area contributed by atoms with E-state index in [1.807, 2.05) is 18.2 Å². The molecule has 1 aliphatic rings. The van der Waals surface area contributed by atoms with Crippen LogP contribution >= 0.6 is 0 Å². The van der Waals surface area contributed by atoms with E-state index in [0.717, 1.165) is 37.2 Å². The van der Waals surface area contributed by atoms with E-state index < -0.39 is 5.97 Å². The van der Waals surface area contributed by atoms with Crippen molar-refractivity contribution >= 4 is 11.7 Å². The van der Waals surface area contributed by atoms with Crippen molar-refractivity contribution in [3.63, 3.8) is 0 Å². The van der Waals surface area contributed by atoms with Crippen LogP contribution in [0.5, 0.6) is 0 Å². The maximum atomic E-state index is 10.6. The summed E-state index contributed by atoms with van der Waals surface area (Å²) in [5, 5.41) is 18.3. The van der Waals surface area contributed by atoms with Crippen LogP contribution < -0.4 is 10.6 Å². The largest absolute Gasteiger partial charge is 0.481 e. The molecule has 1 atom stereocenters. The molecule has 1 heterocycles. The molecule has 0 saturated carbocycles. The number of aliphatic carboxylic acids is 1. The highest BCUT2D eigenvalue weighted by Crippen LogP contribution is 2.29. The number of aliphatic hydroxyl groups excluding tert-OH is 1. The normalized spacial score (nSPS) is 17.7. The van der Waals surface area contributed by atoms with Crippen molar-refractivity contribution < 1.29 is 15.0 Å². The van der Waals surface area contributed by atoms with Crippen LogP contribution in [-0.2, 0) is 4.79 Å². The number of carboxylic acid groups (broad SMARTS) is 1. The monoisotopic (exact) mass is 292 g/mol. The molecule has 0 radical (unpaired) electrons. The second-order valence-corrected chi connectivity index (χ2v) is 5.67. The molecule has 1 aromatic rings. The first-order valence-electron chi connectivity index (χ1n) is 7.57. The van der Waals surface area contributed by atoms with Crippen LogP contribution in [0.3, 0.4) is 0 Å². The van der Waals surface area contributed by atoms with Gasteiger partial charge in [0.15, 0.2) is 0 Å². The number of nitrogens with two attached hydrogens (primary N) is 1. The number of hydrogen-bond donors (Lipinski definition) is 3. The summed E-state index contributed by atoms with van der Waals surface area (Å²) in [7, 11) is 0. The summed E-state index contributed by atoms with van der Waals surface area (Å²) in [5.74, 6) is -0.777. The number of piperidine rings is 1. The number of anilines is 1. The van der Waals surface area contributed by atoms with Gasteiger partial charge in [-0.05, 0) is 37.3 Å². The van der Waals surface area contributed by atoms with Crippen molar-refractivity contribution in [1.82, 2.24) is 0 Å². The number of para-hydroxylation sites is 1. The average molecular weight is 292 g/mol. The van der Waals surface area contributed by atoms with E-state index in [1.165, 1.54) is 0 Å². The minimum Gasteiger partial charge on any atom is -0.481 e. The summed E-state index contributed by atoms with van der Waals surface area (Å²) < 4.78 is 0. The summed E-state index contributed by atoms with van der Waals surface area (Å²) in [6.45, 7) is 1.67. The highest BCUT2D eigenvalue weighted by atomic mass is 16.4. The number of rotatable bonds is 6. The Morgan fingerprint density at radius 1 is 1.33 bits per heavy atom. The van der Waals surface area contributed by atoms with E-state index in [1.54, 1.807) is 0 Å². The third-order valence-corrected chi connectivity index (χ3v) is 4.05. The second kappa shape index (κ2) is 7.43. The first-order valence-corrected chi connectivity index (χ1v) is 7.57. The molecule has 5 nitrogen and oxygen atoms in total. The van der Waals surface area contributed by atoms with E-state index in [2.05, 4.69) is 11.0 Å². The summed E-state index contributed by atoms with van der Waals surface area (Å²) in [6, 6.07) is 7.89. The minimum absolute atomic E-state index is 0.146. The molecular weight excluding hydrogens is 268 g/mol. The maximum absolute atomic E-state index is 10.6. The lowest BCUT2D eigenvalue weighted by Gasteiger charge is -2.33. The van der Waals surface area contributed by atoms with Crippen molar-refractivity contribution in [1.29, 1.82) is 0 Å². The third-order valence-electron chi connectivity index (χ3n) is 4.05. The van der Waals surface area contributed by atoms with Gasteiger partial charge in [-0.25, -0.2) is 0 Å². The van der Waals surface area contributed by atoms with Crippen molar-refractivity contribution in [3.05, 3.63) is 29.8 Å². The van der Waals surface area contributed by atoms with Crippen molar-refractivity contribution in [2.75, 3.05) is 18.0 Å². The number of carboxylic acids is 1. The van der Waals surface area contributed by atoms with Gasteiger partial charge < -0.3 is 20.8 Å². The molecule has 0 spiro atoms. The van der Waals surface area contributed by atoms with Crippen LogP contribution in [0, 0.1) is 0 Å². The fraction of sp³-hybridized carbons (Fsp3) is 0.562. The van der Waals surface area contributed by atoms with Crippen molar-refractivity contribution in [2.45, 2.75) is 44.2 Å². The molecule has 1 saturated heterocycles. The number of hydrogen-bond acceptors (Lipinski definition) is 4. The number of carbonyl (C=O) groups is 1. The van der Waals surface area contributed by atoms with Gasteiger partial charge in [0.2, 0.25) is 0 Å². The molecule has 4 N–H and O–H groups in total. The Hall–Kier alpha value is -1.59. The quantitative estimate of drug-likeness (QED) is 0.745. The molecule has 0 aliphatic carbocycles. The zero-order valence-corrected chi connectivity index (χ0v) is 12.2. The average Bonchev–Trinajstić information content (AvgIpc) is 2.47. The molecular formula is C16H24N2O3. The van der Waals surface area contributed by atoms with Gasteiger partial charge in [-0.2, -0.15) is 0 Å². The van der Waals surface area contributed by atoms with Gasteiger partial charge in [0.05, 0.1) is 6.10 Å². The Morgan fingerprint density at radius 3 is 2.67 bits per heavy atom. The van der Waals surface area contributed by atoms with Gasteiger partial charge >= 0.3 is 5.97 Å². The molecule has 0 aromatic heterocycles. The molecule has 0 bridgehead atoms. The van der Waals surface area contributed by atoms with Gasteiger partial charge in [0.25, 0.3) is 0 Å². The van der Waals surface area contributed by atoms with E-state index in [4.69, 9.17) is 10.8 Å². The van der Waals surface area contributed by atoms with Crippen LogP contribution in [0.2, 0.25) is 0 Å². The third kappa shape index (κ3) is 4.44. The number of aliphatic hydroxyl groups is 1. The summed E-state index contributed by atoms with van der Waals surface area (Å²) in [6.07, 6.45) is 2.78. The number of nitrogens with zero attached hydrogens (tertiary/aromatic N) is 1. The standard InChI is InChI=1S/C16H24N2O3/c17-14(5-3-7-16(20)21)13-4-1-2-6-15(13)18-10-8-12(19)9-11-18/h1-2,4,6,12,14,19H,3,5,7-11,17H2,(H,20,21)/t14-/m1/s1. The first kappa shape index (κ1) is 15.8. The van der Waals surface area contributed by atoms with E-state index in [0.29, 0.717) is 12.8 Å². The van der Waals surface area contributed by atoms with E-state index >= 15 is 0 Å². The van der Waals surface area contributed by atoms with Crippen LogP contribution in [0.15, 0.2) is 24.3 Å². The topological polar surface area (TPSA) is 86.8 Å². The minimum atomic E-state index is -0.777. The Balaban J connectivity index is 2.03. The Labute approximate surface area is 125 Å². The van der Waals surface area contributed by atoms with Gasteiger partial charge in [-0.15, -0.1) is 0 Å². The van der Waals surface area contributed by atoms with Crippen LogP contribution in [0.25, 0.3) is 0 Å². The van der Waals surface area contributed by atoms with Gasteiger partial charge in [-0.3, -0.25) is 4.79 Å². The Kier molecular flexibility index (Phi) is 5.59. The predicted octanol–water partition coefficient (Wildman–Crippen LogP) is 1.90. The lowest BCUT2D eigenvalue weighted by molar-refractivity contribution is -0.137. The predicted molar refractivity (Wildman–Crippen MR) is 82.3 cm³/mol. The molecule has 5 heteroatoms. The zero-order valence-electron chi connectivity index (χ0n) is 12.2. The molecule has 1 aromatic carbocycles. The smallest absolute Gasteiger partial charge is 0.303 e. The fourth-order valence-corrected chi connectivity index (χ4v) is 2.82. The molecule has 21 heavy (non-hydrogen) atoms. The van der Waals surface area contributed by atoms with Crippen molar-refractivity contribution in [3.8, 4) is 0 Å². The van der Waals surface area contributed by atoms with Crippen LogP contribution in [0.4, 0.5) is 5.69 Å². The molecule has 1 aliphatic heterocycles. The zero-order chi connectivity index (χ0) is 15.2. The summed E-state index contributed by atoms with van der Waals surface area (Å²) >= 11 is 0. The van der Waals surface area contributed by atoms with Crippen LogP contribution in [-0.4, -0.2) is 35.4 Å². The van der Waals surface area contributed by atoms with Crippen LogP contribution in [0.1, 0.15) is 43.7 Å². The van der Waals surface area contributed by atoms with Gasteiger partial charge in [0.1, 0.15) is 0 Å². The van der Waals surface area contributed by atoms with Gasteiger partial charge in [-0.1, -0.05) is 18.2 Å². The fourth-order valence-electron chi connectivity index (χ4n) is 2.82. The van der Waals surface area contributed by atoms with Crippen molar-refractivity contribution in [2.24, 2.45) is 5.73 Å². The summed E-state index contributed by atoms with van der Waals surface area (Å²) in [4.78, 5) is 12.9. The molecule has 1 fully saturated rings. The Morgan fingerprint density at radius 2 is 2.00 bits per heavy atom. The van der Waals surface area contributed by atoms with E-state index in [9.17, 15) is 9.90 Å². The second-order valence-electron chi connectivity index (χ2n) is 5.67. The lowest BCUT2D eigenvalue weighted by Crippen LogP contribution is -2.36. The Bertz CT molecular complexity index is 470. The molecule has 0 unspecified atom stereocenters. The first-order chi connectivity index (χ1) is 10.1. The van der Waals surface area contributed by atoms with Gasteiger partial charge in [0, 0.05) is 31.2 Å².